The van der Waals surface area contributed by atoms with Gasteiger partial charge in [0.2, 0.25) is 6.79 Å². The highest BCUT2D eigenvalue weighted by Gasteiger charge is 2.20. The molecule has 0 spiro atoms. The largest absolute Gasteiger partial charge is 0.454 e. The molecule has 0 bridgehead atoms. The highest BCUT2D eigenvalue weighted by Crippen LogP contribution is 2.40. The number of hydrogen-bond acceptors (Lipinski definition) is 3. The average Bonchev–Trinajstić information content (AvgIpc) is 3.16. The molecule has 19 heavy (non-hydrogen) atoms. The second-order valence-corrected chi connectivity index (χ2v) is 5.02. The van der Waals surface area contributed by atoms with Crippen LogP contribution in [0.2, 0.25) is 0 Å². The number of hydrogen-bond donors (Lipinski definition) is 1. The van der Waals surface area contributed by atoms with Gasteiger partial charge >= 0.3 is 0 Å². The molecule has 98 valence electrons. The van der Waals surface area contributed by atoms with E-state index in [-0.39, 0.29) is 0 Å². The Bertz CT molecular complexity index is 637. The summed E-state index contributed by atoms with van der Waals surface area (Å²) < 4.78 is 11.1. The van der Waals surface area contributed by atoms with Crippen molar-refractivity contribution in [2.75, 3.05) is 26.4 Å². The number of aromatic amines is 1. The van der Waals surface area contributed by atoms with Crippen LogP contribution in [-0.2, 0) is 6.42 Å². The van der Waals surface area contributed by atoms with E-state index in [0.717, 1.165) is 43.1 Å². The molecule has 0 amide bonds. The maximum Gasteiger partial charge on any atom is 0.231 e. The van der Waals surface area contributed by atoms with Gasteiger partial charge in [-0.3, -0.25) is 4.90 Å². The van der Waals surface area contributed by atoms with E-state index >= 15 is 0 Å². The van der Waals surface area contributed by atoms with Crippen molar-refractivity contribution in [3.05, 3.63) is 36.0 Å². The summed E-state index contributed by atoms with van der Waals surface area (Å²) in [5.74, 6) is 1.75. The standard InChI is InChI=1S/C15H16N2O2/c1-2-7-17(6-1)8-5-11-9-16-12-3-4-13-15(14(11)12)19-10-18-13/h1-4,9,16H,5-8,10H2. The molecular formula is C15H16N2O2. The molecule has 4 rings (SSSR count). The van der Waals surface area contributed by atoms with Crippen molar-refractivity contribution in [1.29, 1.82) is 0 Å². The van der Waals surface area contributed by atoms with Gasteiger partial charge in [-0.05, 0) is 24.1 Å². The molecule has 1 N–H and O–H groups in total. The lowest BCUT2D eigenvalue weighted by Crippen LogP contribution is -2.22. The predicted octanol–water partition coefficient (Wildman–Crippen LogP) is 2.31. The van der Waals surface area contributed by atoms with Gasteiger partial charge in [-0.1, -0.05) is 12.2 Å². The average molecular weight is 256 g/mol. The Morgan fingerprint density at radius 2 is 2.05 bits per heavy atom. The topological polar surface area (TPSA) is 37.5 Å². The monoisotopic (exact) mass is 256 g/mol. The summed E-state index contributed by atoms with van der Waals surface area (Å²) in [5, 5.41) is 1.18. The van der Waals surface area contributed by atoms with E-state index in [9.17, 15) is 0 Å². The first kappa shape index (κ1) is 10.9. The third-order valence-corrected chi connectivity index (χ3v) is 3.85. The number of ether oxygens (including phenoxy) is 2. The number of rotatable bonds is 3. The zero-order valence-corrected chi connectivity index (χ0v) is 10.7. The SMILES string of the molecule is C1=CCN(CCc2c[nH]c3ccc4c(c23)OCO4)C1. The number of fused-ring (bicyclic) bond motifs is 3. The summed E-state index contributed by atoms with van der Waals surface area (Å²) in [5.41, 5.74) is 2.43. The summed E-state index contributed by atoms with van der Waals surface area (Å²) in [6.45, 7) is 3.54. The number of H-pyrrole nitrogens is 1. The first-order valence-electron chi connectivity index (χ1n) is 6.68. The van der Waals surface area contributed by atoms with Gasteiger partial charge in [0.1, 0.15) is 0 Å². The molecule has 3 heterocycles. The summed E-state index contributed by atoms with van der Waals surface area (Å²) in [6, 6.07) is 4.03. The third kappa shape index (κ3) is 1.79. The summed E-state index contributed by atoms with van der Waals surface area (Å²) in [6.07, 6.45) is 7.57. The highest BCUT2D eigenvalue weighted by molar-refractivity contribution is 5.92. The zero-order valence-electron chi connectivity index (χ0n) is 10.7. The van der Waals surface area contributed by atoms with Crippen LogP contribution in [0, 0.1) is 0 Å². The first-order chi connectivity index (χ1) is 9.42. The molecule has 1 aromatic heterocycles. The van der Waals surface area contributed by atoms with Crippen LogP contribution in [0.15, 0.2) is 30.5 Å². The quantitative estimate of drug-likeness (QED) is 0.856. The van der Waals surface area contributed by atoms with Crippen molar-refractivity contribution in [3.63, 3.8) is 0 Å². The van der Waals surface area contributed by atoms with Gasteiger partial charge < -0.3 is 14.5 Å². The number of benzene rings is 1. The zero-order chi connectivity index (χ0) is 12.7. The second-order valence-electron chi connectivity index (χ2n) is 5.02. The minimum absolute atomic E-state index is 0.328. The van der Waals surface area contributed by atoms with Crippen LogP contribution in [0.3, 0.4) is 0 Å². The maximum atomic E-state index is 5.61. The normalized spacial score (nSPS) is 17.7. The Kier molecular flexibility index (Phi) is 2.48. The van der Waals surface area contributed by atoms with E-state index in [4.69, 9.17) is 9.47 Å². The molecule has 0 saturated carbocycles. The van der Waals surface area contributed by atoms with E-state index in [1.807, 2.05) is 6.07 Å². The molecule has 0 aliphatic carbocycles. The van der Waals surface area contributed by atoms with E-state index in [0.29, 0.717) is 6.79 Å². The highest BCUT2D eigenvalue weighted by atomic mass is 16.7. The van der Waals surface area contributed by atoms with Gasteiger partial charge in [0.15, 0.2) is 11.5 Å². The molecule has 0 atom stereocenters. The van der Waals surface area contributed by atoms with Crippen molar-refractivity contribution in [1.82, 2.24) is 9.88 Å². The van der Waals surface area contributed by atoms with Gasteiger partial charge in [0.25, 0.3) is 0 Å². The lowest BCUT2D eigenvalue weighted by atomic mass is 10.1. The van der Waals surface area contributed by atoms with Gasteiger partial charge in [-0.15, -0.1) is 0 Å². The lowest BCUT2D eigenvalue weighted by molar-refractivity contribution is 0.175. The van der Waals surface area contributed by atoms with Crippen LogP contribution in [0.25, 0.3) is 10.9 Å². The molecule has 2 aromatic rings. The van der Waals surface area contributed by atoms with E-state index < -0.39 is 0 Å². The minimum Gasteiger partial charge on any atom is -0.454 e. The summed E-state index contributed by atoms with van der Waals surface area (Å²) in [7, 11) is 0. The van der Waals surface area contributed by atoms with Crippen LogP contribution in [-0.4, -0.2) is 36.3 Å². The Hall–Kier alpha value is -1.94. The fraction of sp³-hybridized carbons (Fsp3) is 0.333. The van der Waals surface area contributed by atoms with Crippen molar-refractivity contribution in [2.24, 2.45) is 0 Å². The number of nitrogens with one attached hydrogen (secondary N) is 1. The molecular weight excluding hydrogens is 240 g/mol. The van der Waals surface area contributed by atoms with E-state index in [1.54, 1.807) is 0 Å². The molecule has 2 aliphatic rings. The van der Waals surface area contributed by atoms with Crippen molar-refractivity contribution in [3.8, 4) is 11.5 Å². The van der Waals surface area contributed by atoms with Gasteiger partial charge in [0.05, 0.1) is 0 Å². The Labute approximate surface area is 111 Å². The molecule has 4 nitrogen and oxygen atoms in total. The lowest BCUT2D eigenvalue weighted by Gasteiger charge is -2.13. The molecule has 4 heteroatoms. The molecule has 0 saturated heterocycles. The minimum atomic E-state index is 0.328. The third-order valence-electron chi connectivity index (χ3n) is 3.85. The Balaban J connectivity index is 1.64. The fourth-order valence-electron chi connectivity index (χ4n) is 2.83. The van der Waals surface area contributed by atoms with Crippen LogP contribution in [0.5, 0.6) is 11.5 Å². The van der Waals surface area contributed by atoms with Crippen LogP contribution in [0.4, 0.5) is 0 Å². The fourth-order valence-corrected chi connectivity index (χ4v) is 2.83. The van der Waals surface area contributed by atoms with Gasteiger partial charge in [-0.25, -0.2) is 0 Å². The second kappa shape index (κ2) is 4.31. The predicted molar refractivity (Wildman–Crippen MR) is 73.7 cm³/mol. The van der Waals surface area contributed by atoms with Crippen LogP contribution < -0.4 is 9.47 Å². The van der Waals surface area contributed by atoms with E-state index in [2.05, 4.69) is 34.3 Å². The Morgan fingerprint density at radius 3 is 2.95 bits per heavy atom. The maximum absolute atomic E-state index is 5.61. The van der Waals surface area contributed by atoms with Crippen LogP contribution >= 0.6 is 0 Å². The van der Waals surface area contributed by atoms with Gasteiger partial charge in [0, 0.05) is 36.7 Å². The Morgan fingerprint density at radius 1 is 1.16 bits per heavy atom. The molecule has 0 unspecified atom stereocenters. The molecule has 1 aromatic carbocycles. The first-order valence-corrected chi connectivity index (χ1v) is 6.68. The van der Waals surface area contributed by atoms with E-state index in [1.165, 1.54) is 10.9 Å². The van der Waals surface area contributed by atoms with Gasteiger partial charge in [-0.2, -0.15) is 0 Å². The summed E-state index contributed by atoms with van der Waals surface area (Å²) in [4.78, 5) is 5.75. The smallest absolute Gasteiger partial charge is 0.231 e. The summed E-state index contributed by atoms with van der Waals surface area (Å²) >= 11 is 0. The van der Waals surface area contributed by atoms with Crippen molar-refractivity contribution >= 4 is 10.9 Å². The van der Waals surface area contributed by atoms with Crippen molar-refractivity contribution < 1.29 is 9.47 Å². The van der Waals surface area contributed by atoms with Crippen molar-refractivity contribution in [2.45, 2.75) is 6.42 Å². The number of aromatic nitrogens is 1. The molecule has 0 fully saturated rings. The van der Waals surface area contributed by atoms with Crippen LogP contribution in [0.1, 0.15) is 5.56 Å². The molecule has 2 aliphatic heterocycles. The number of nitrogens with zero attached hydrogens (tertiary/aromatic N) is 1. The molecule has 0 radical (unpaired) electrons.